The van der Waals surface area contributed by atoms with E-state index < -0.39 is 11.8 Å². The van der Waals surface area contributed by atoms with Crippen LogP contribution in [-0.4, -0.2) is 29.6 Å². The molecule has 7 nitrogen and oxygen atoms in total. The molecule has 0 atom stereocenters. The minimum absolute atomic E-state index is 0.170. The average molecular weight is 338 g/mol. The van der Waals surface area contributed by atoms with Gasteiger partial charge in [-0.25, -0.2) is 5.43 Å². The van der Waals surface area contributed by atoms with E-state index >= 15 is 0 Å². The molecular weight excluding hydrogens is 320 g/mol. The second-order valence-electron chi connectivity index (χ2n) is 4.87. The highest BCUT2D eigenvalue weighted by Crippen LogP contribution is 2.10. The summed E-state index contributed by atoms with van der Waals surface area (Å²) >= 11 is 0. The number of nitrogens with zero attached hydrogens (tertiary/aromatic N) is 2. The number of aromatic nitrogens is 1. The molecule has 0 aliphatic heterocycles. The third kappa shape index (κ3) is 6.26. The first-order valence-corrected chi connectivity index (χ1v) is 7.54. The fraction of sp³-hybridized carbons (Fsp3) is 0.111. The van der Waals surface area contributed by atoms with Gasteiger partial charge in [0.25, 0.3) is 0 Å². The Bertz CT molecular complexity index is 743. The standard InChI is InChI=1S/C18H18N4O3/c1-2-11-25-16-8-6-14(7-9-16)12-21-22-18(24)17(23)20-13-15-5-3-4-10-19-15/h2-10,12H,1,11,13H2,(H,20,23)(H,22,24)/b21-12+. The zero-order valence-electron chi connectivity index (χ0n) is 13.5. The monoisotopic (exact) mass is 338 g/mol. The van der Waals surface area contributed by atoms with Crippen LogP contribution in [0.2, 0.25) is 0 Å². The van der Waals surface area contributed by atoms with Crippen LogP contribution in [0.25, 0.3) is 0 Å². The molecule has 128 valence electrons. The van der Waals surface area contributed by atoms with E-state index in [4.69, 9.17) is 4.74 Å². The number of hydrogen-bond donors (Lipinski definition) is 2. The van der Waals surface area contributed by atoms with Gasteiger partial charge < -0.3 is 10.1 Å². The van der Waals surface area contributed by atoms with Crippen molar-refractivity contribution in [3.8, 4) is 5.75 Å². The number of rotatable bonds is 7. The number of carbonyl (C=O) groups is 2. The quantitative estimate of drug-likeness (QED) is 0.345. The Morgan fingerprint density at radius 2 is 1.96 bits per heavy atom. The lowest BCUT2D eigenvalue weighted by Gasteiger charge is -2.03. The van der Waals surface area contributed by atoms with Crippen LogP contribution in [0.1, 0.15) is 11.3 Å². The molecule has 0 saturated heterocycles. The summed E-state index contributed by atoms with van der Waals surface area (Å²) in [7, 11) is 0. The number of hydrogen-bond acceptors (Lipinski definition) is 5. The Kier molecular flexibility index (Phi) is 6.87. The number of carbonyl (C=O) groups excluding carboxylic acids is 2. The SMILES string of the molecule is C=CCOc1ccc(/C=N/NC(=O)C(=O)NCc2ccccn2)cc1. The van der Waals surface area contributed by atoms with E-state index in [1.165, 1.54) is 6.21 Å². The first-order chi connectivity index (χ1) is 12.2. The Labute approximate surface area is 145 Å². The van der Waals surface area contributed by atoms with E-state index in [1.807, 2.05) is 0 Å². The van der Waals surface area contributed by atoms with Gasteiger partial charge in [0.05, 0.1) is 18.5 Å². The lowest BCUT2D eigenvalue weighted by Crippen LogP contribution is -2.37. The minimum Gasteiger partial charge on any atom is -0.490 e. The molecule has 2 amide bonds. The van der Waals surface area contributed by atoms with E-state index in [9.17, 15) is 9.59 Å². The van der Waals surface area contributed by atoms with E-state index in [2.05, 4.69) is 27.4 Å². The van der Waals surface area contributed by atoms with Crippen molar-refractivity contribution < 1.29 is 14.3 Å². The van der Waals surface area contributed by atoms with Crippen molar-refractivity contribution in [2.24, 2.45) is 5.10 Å². The molecule has 1 aromatic carbocycles. The van der Waals surface area contributed by atoms with Gasteiger partial charge in [-0.15, -0.1) is 0 Å². The van der Waals surface area contributed by atoms with Crippen LogP contribution in [0.4, 0.5) is 0 Å². The van der Waals surface area contributed by atoms with Gasteiger partial charge in [0.1, 0.15) is 12.4 Å². The number of amides is 2. The van der Waals surface area contributed by atoms with Gasteiger partial charge in [-0.3, -0.25) is 14.6 Å². The summed E-state index contributed by atoms with van der Waals surface area (Å²) in [6, 6.07) is 12.4. The second-order valence-corrected chi connectivity index (χ2v) is 4.87. The van der Waals surface area contributed by atoms with Gasteiger partial charge in [-0.2, -0.15) is 5.10 Å². The van der Waals surface area contributed by atoms with Crippen molar-refractivity contribution in [1.82, 2.24) is 15.7 Å². The van der Waals surface area contributed by atoms with Gasteiger partial charge in [-0.05, 0) is 42.0 Å². The summed E-state index contributed by atoms with van der Waals surface area (Å²) in [6.45, 7) is 4.17. The van der Waals surface area contributed by atoms with Gasteiger partial charge in [-0.1, -0.05) is 18.7 Å². The maximum absolute atomic E-state index is 11.7. The van der Waals surface area contributed by atoms with E-state index in [0.717, 1.165) is 5.56 Å². The summed E-state index contributed by atoms with van der Waals surface area (Å²) in [5, 5.41) is 6.21. The smallest absolute Gasteiger partial charge is 0.329 e. The van der Waals surface area contributed by atoms with E-state index in [0.29, 0.717) is 18.1 Å². The molecular formula is C18H18N4O3. The number of ether oxygens (including phenoxy) is 1. The highest BCUT2D eigenvalue weighted by molar-refractivity contribution is 6.35. The average Bonchev–Trinajstić information content (AvgIpc) is 2.66. The molecule has 0 saturated carbocycles. The summed E-state index contributed by atoms with van der Waals surface area (Å²) in [5.41, 5.74) is 3.58. The first-order valence-electron chi connectivity index (χ1n) is 7.54. The highest BCUT2D eigenvalue weighted by Gasteiger charge is 2.11. The molecule has 0 bridgehead atoms. The van der Waals surface area contributed by atoms with Gasteiger partial charge in [0.2, 0.25) is 0 Å². The zero-order valence-corrected chi connectivity index (χ0v) is 13.5. The van der Waals surface area contributed by atoms with Crippen LogP contribution in [0.15, 0.2) is 66.4 Å². The molecule has 1 aromatic heterocycles. The summed E-state index contributed by atoms with van der Waals surface area (Å²) in [4.78, 5) is 27.3. The van der Waals surface area contributed by atoms with Crippen molar-refractivity contribution in [1.29, 1.82) is 0 Å². The highest BCUT2D eigenvalue weighted by atomic mass is 16.5. The van der Waals surface area contributed by atoms with Crippen molar-refractivity contribution in [3.63, 3.8) is 0 Å². The second kappa shape index (κ2) is 9.61. The molecule has 0 spiro atoms. The maximum atomic E-state index is 11.7. The predicted octanol–water partition coefficient (Wildman–Crippen LogP) is 1.41. The Balaban J connectivity index is 1.77. The molecule has 0 unspecified atom stereocenters. The summed E-state index contributed by atoms with van der Waals surface area (Å²) in [6.07, 6.45) is 4.70. The topological polar surface area (TPSA) is 92.7 Å². The predicted molar refractivity (Wildman–Crippen MR) is 94.0 cm³/mol. The maximum Gasteiger partial charge on any atom is 0.329 e. The molecule has 1 heterocycles. The lowest BCUT2D eigenvalue weighted by atomic mass is 10.2. The fourth-order valence-corrected chi connectivity index (χ4v) is 1.78. The number of benzene rings is 1. The van der Waals surface area contributed by atoms with E-state index in [-0.39, 0.29) is 6.54 Å². The minimum atomic E-state index is -0.849. The molecule has 0 aliphatic carbocycles. The number of nitrogens with one attached hydrogen (secondary N) is 2. The Morgan fingerprint density at radius 3 is 2.64 bits per heavy atom. The molecule has 0 fully saturated rings. The van der Waals surface area contributed by atoms with Crippen molar-refractivity contribution >= 4 is 18.0 Å². The summed E-state index contributed by atoms with van der Waals surface area (Å²) < 4.78 is 5.36. The molecule has 0 aliphatic rings. The molecule has 25 heavy (non-hydrogen) atoms. The summed E-state index contributed by atoms with van der Waals surface area (Å²) in [5.74, 6) is -0.927. The zero-order chi connectivity index (χ0) is 17.9. The lowest BCUT2D eigenvalue weighted by molar-refractivity contribution is -0.139. The van der Waals surface area contributed by atoms with Crippen LogP contribution >= 0.6 is 0 Å². The Morgan fingerprint density at radius 1 is 1.16 bits per heavy atom. The van der Waals surface area contributed by atoms with Crippen molar-refractivity contribution in [2.45, 2.75) is 6.54 Å². The van der Waals surface area contributed by atoms with Crippen LogP contribution in [0.3, 0.4) is 0 Å². The van der Waals surface area contributed by atoms with Gasteiger partial charge in [0.15, 0.2) is 0 Å². The van der Waals surface area contributed by atoms with Crippen LogP contribution in [-0.2, 0) is 16.1 Å². The third-order valence-corrected chi connectivity index (χ3v) is 2.99. The first kappa shape index (κ1) is 17.9. The normalized spacial score (nSPS) is 10.2. The molecule has 0 radical (unpaired) electrons. The Hall–Kier alpha value is -3.48. The van der Waals surface area contributed by atoms with Crippen molar-refractivity contribution in [3.05, 3.63) is 72.6 Å². The van der Waals surface area contributed by atoms with Crippen LogP contribution < -0.4 is 15.5 Å². The van der Waals surface area contributed by atoms with E-state index in [1.54, 1.807) is 54.7 Å². The largest absolute Gasteiger partial charge is 0.490 e. The van der Waals surface area contributed by atoms with Crippen molar-refractivity contribution in [2.75, 3.05) is 6.61 Å². The van der Waals surface area contributed by atoms with Crippen LogP contribution in [0, 0.1) is 0 Å². The molecule has 2 aromatic rings. The molecule has 2 N–H and O–H groups in total. The van der Waals surface area contributed by atoms with Gasteiger partial charge in [0, 0.05) is 6.20 Å². The molecule has 7 heteroatoms. The fourth-order valence-electron chi connectivity index (χ4n) is 1.78. The molecule has 2 rings (SSSR count). The third-order valence-electron chi connectivity index (χ3n) is 2.99. The number of pyridine rings is 1. The van der Waals surface area contributed by atoms with Crippen LogP contribution in [0.5, 0.6) is 5.75 Å². The van der Waals surface area contributed by atoms with Gasteiger partial charge >= 0.3 is 11.8 Å². The number of hydrazone groups is 1.